The lowest BCUT2D eigenvalue weighted by molar-refractivity contribution is -0.137. The third-order valence-corrected chi connectivity index (χ3v) is 7.34. The van der Waals surface area contributed by atoms with Gasteiger partial charge in [-0.15, -0.1) is 0 Å². The molecule has 1 fully saturated rings. The molecule has 5 rings (SSSR count). The van der Waals surface area contributed by atoms with Gasteiger partial charge in [0.25, 0.3) is 0 Å². The SMILES string of the molecule is COC(=O)C1=C(CN2CCOCC2)NC(c2ccccn2)=NC12CCC(C)(C)c1cc(F)ccc12. The van der Waals surface area contributed by atoms with E-state index in [0.717, 1.165) is 36.3 Å². The molecule has 8 heteroatoms. The lowest BCUT2D eigenvalue weighted by Gasteiger charge is -2.46. The van der Waals surface area contributed by atoms with Gasteiger partial charge in [-0.2, -0.15) is 0 Å². The first-order valence-corrected chi connectivity index (χ1v) is 12.0. The molecule has 1 saturated heterocycles. The molecule has 1 atom stereocenters. The van der Waals surface area contributed by atoms with E-state index in [2.05, 4.69) is 29.0 Å². The predicted octanol–water partition coefficient (Wildman–Crippen LogP) is 3.30. The number of amidine groups is 1. The van der Waals surface area contributed by atoms with Gasteiger partial charge in [0.1, 0.15) is 17.1 Å². The van der Waals surface area contributed by atoms with Crippen molar-refractivity contribution in [1.29, 1.82) is 0 Å². The van der Waals surface area contributed by atoms with Crippen LogP contribution in [0.25, 0.3) is 0 Å². The number of nitrogens with one attached hydrogen (secondary N) is 1. The minimum Gasteiger partial charge on any atom is -0.466 e. The third kappa shape index (κ3) is 4.25. The van der Waals surface area contributed by atoms with Crippen LogP contribution in [0, 0.1) is 5.82 Å². The molecule has 0 amide bonds. The van der Waals surface area contributed by atoms with Crippen LogP contribution < -0.4 is 5.32 Å². The quantitative estimate of drug-likeness (QED) is 0.680. The molecule has 3 heterocycles. The summed E-state index contributed by atoms with van der Waals surface area (Å²) in [6, 6.07) is 10.5. The van der Waals surface area contributed by atoms with E-state index in [1.54, 1.807) is 18.3 Å². The first kappa shape index (κ1) is 23.6. The monoisotopic (exact) mass is 478 g/mol. The molecule has 1 unspecified atom stereocenters. The van der Waals surface area contributed by atoms with Crippen molar-refractivity contribution < 1.29 is 18.7 Å². The van der Waals surface area contributed by atoms with E-state index in [-0.39, 0.29) is 11.2 Å². The van der Waals surface area contributed by atoms with E-state index in [1.165, 1.54) is 13.2 Å². The van der Waals surface area contributed by atoms with Crippen LogP contribution in [0.2, 0.25) is 0 Å². The number of morpholine rings is 1. The molecule has 184 valence electrons. The molecule has 35 heavy (non-hydrogen) atoms. The molecule has 2 aliphatic heterocycles. The Hall–Kier alpha value is -3.10. The van der Waals surface area contributed by atoms with Gasteiger partial charge in [0.05, 0.1) is 25.9 Å². The van der Waals surface area contributed by atoms with Crippen LogP contribution in [-0.4, -0.2) is 61.6 Å². The number of esters is 1. The average Bonchev–Trinajstić information content (AvgIpc) is 2.87. The fourth-order valence-electron chi connectivity index (χ4n) is 5.43. The Morgan fingerprint density at radius 3 is 2.69 bits per heavy atom. The summed E-state index contributed by atoms with van der Waals surface area (Å²) >= 11 is 0. The number of pyridine rings is 1. The Morgan fingerprint density at radius 2 is 1.97 bits per heavy atom. The summed E-state index contributed by atoms with van der Waals surface area (Å²) < 4.78 is 25.3. The number of carbonyl (C=O) groups excluding carboxylic acids is 1. The zero-order chi connectivity index (χ0) is 24.6. The third-order valence-electron chi connectivity index (χ3n) is 7.34. The van der Waals surface area contributed by atoms with Crippen molar-refractivity contribution in [1.82, 2.24) is 15.2 Å². The van der Waals surface area contributed by atoms with E-state index >= 15 is 0 Å². The molecular formula is C27H31FN4O3. The predicted molar refractivity (Wildman–Crippen MR) is 131 cm³/mol. The fraction of sp³-hybridized carbons (Fsp3) is 0.444. The molecule has 7 nitrogen and oxygen atoms in total. The van der Waals surface area contributed by atoms with Gasteiger partial charge < -0.3 is 14.8 Å². The van der Waals surface area contributed by atoms with E-state index in [1.807, 2.05) is 18.2 Å². The highest BCUT2D eigenvalue weighted by molar-refractivity contribution is 6.03. The van der Waals surface area contributed by atoms with E-state index < -0.39 is 11.5 Å². The number of aromatic nitrogens is 1. The summed E-state index contributed by atoms with van der Waals surface area (Å²) in [6.07, 6.45) is 3.04. The number of methoxy groups -OCH3 is 1. The zero-order valence-corrected chi connectivity index (χ0v) is 20.4. The highest BCUT2D eigenvalue weighted by Crippen LogP contribution is 2.52. The van der Waals surface area contributed by atoms with Crippen LogP contribution in [0.15, 0.2) is 58.9 Å². The molecule has 0 bridgehead atoms. The Morgan fingerprint density at radius 1 is 1.17 bits per heavy atom. The van der Waals surface area contributed by atoms with Crippen LogP contribution in [-0.2, 0) is 25.2 Å². The van der Waals surface area contributed by atoms with Crippen LogP contribution in [0.1, 0.15) is 43.5 Å². The number of fused-ring (bicyclic) bond motifs is 2. The standard InChI is InChI=1S/C27H31FN4O3/c1-26(2)9-10-27(19-8-7-18(28)16-20(19)26)23(25(33)34-3)22(17-32-12-14-35-15-13-32)30-24(31-27)21-6-4-5-11-29-21/h4-8,11,16H,9-10,12-15,17H2,1-3H3,(H,30,31). The van der Waals surface area contributed by atoms with Crippen molar-refractivity contribution in [3.63, 3.8) is 0 Å². The Labute approximate surface area is 205 Å². The van der Waals surface area contributed by atoms with Crippen molar-refractivity contribution in [2.24, 2.45) is 4.99 Å². The number of rotatable bonds is 4. The summed E-state index contributed by atoms with van der Waals surface area (Å²) in [4.78, 5) is 25.4. The van der Waals surface area contributed by atoms with Crippen molar-refractivity contribution in [3.8, 4) is 0 Å². The van der Waals surface area contributed by atoms with Gasteiger partial charge >= 0.3 is 5.97 Å². The molecule has 1 aromatic carbocycles. The van der Waals surface area contributed by atoms with Crippen LogP contribution in [0.4, 0.5) is 4.39 Å². The fourth-order valence-corrected chi connectivity index (χ4v) is 5.43. The van der Waals surface area contributed by atoms with Crippen LogP contribution in [0.5, 0.6) is 0 Å². The molecule has 0 saturated carbocycles. The number of carbonyl (C=O) groups is 1. The first-order chi connectivity index (χ1) is 16.8. The largest absolute Gasteiger partial charge is 0.466 e. The minimum atomic E-state index is -1.01. The number of aliphatic imine (C=N–C) groups is 1. The van der Waals surface area contributed by atoms with Crippen LogP contribution >= 0.6 is 0 Å². The van der Waals surface area contributed by atoms with Gasteiger partial charge in [0, 0.05) is 31.5 Å². The number of benzene rings is 1. The van der Waals surface area contributed by atoms with Gasteiger partial charge in [-0.3, -0.25) is 9.88 Å². The minimum absolute atomic E-state index is 0.264. The zero-order valence-electron chi connectivity index (χ0n) is 20.4. The molecular weight excluding hydrogens is 447 g/mol. The van der Waals surface area contributed by atoms with Gasteiger partial charge in [-0.25, -0.2) is 14.2 Å². The lowest BCUT2D eigenvalue weighted by Crippen LogP contribution is -2.50. The number of ether oxygens (including phenoxy) is 2. The van der Waals surface area contributed by atoms with E-state index in [9.17, 15) is 9.18 Å². The molecule has 1 aromatic heterocycles. The smallest absolute Gasteiger partial charge is 0.338 e. The highest BCUT2D eigenvalue weighted by Gasteiger charge is 2.51. The Balaban J connectivity index is 1.75. The normalized spacial score (nSPS) is 23.9. The van der Waals surface area contributed by atoms with Crippen molar-refractivity contribution in [2.45, 2.75) is 37.6 Å². The van der Waals surface area contributed by atoms with E-state index in [4.69, 9.17) is 14.5 Å². The average molecular weight is 479 g/mol. The summed E-state index contributed by atoms with van der Waals surface area (Å²) in [7, 11) is 1.39. The van der Waals surface area contributed by atoms with Crippen molar-refractivity contribution in [3.05, 3.63) is 76.5 Å². The molecule has 3 aliphatic rings. The van der Waals surface area contributed by atoms with Crippen LogP contribution in [0.3, 0.4) is 0 Å². The van der Waals surface area contributed by atoms with E-state index in [0.29, 0.717) is 43.3 Å². The summed E-state index contributed by atoms with van der Waals surface area (Å²) in [5.41, 5.74) is 2.33. The maximum Gasteiger partial charge on any atom is 0.338 e. The van der Waals surface area contributed by atoms with Gasteiger partial charge in [-0.05, 0) is 53.6 Å². The maximum atomic E-state index is 14.5. The van der Waals surface area contributed by atoms with Gasteiger partial charge in [-0.1, -0.05) is 26.0 Å². The molecule has 0 radical (unpaired) electrons. The molecule has 1 N–H and O–H groups in total. The van der Waals surface area contributed by atoms with Crippen molar-refractivity contribution >= 4 is 11.8 Å². The second kappa shape index (κ2) is 9.17. The number of halogens is 1. The maximum absolute atomic E-state index is 14.5. The second-order valence-electron chi connectivity index (χ2n) is 9.97. The number of nitrogens with zero attached hydrogens (tertiary/aromatic N) is 3. The molecule has 1 aliphatic carbocycles. The number of hydrogen-bond acceptors (Lipinski definition) is 7. The molecule has 2 aromatic rings. The highest BCUT2D eigenvalue weighted by atomic mass is 19.1. The summed E-state index contributed by atoms with van der Waals surface area (Å²) in [5, 5.41) is 3.43. The Kier molecular flexibility index (Phi) is 6.19. The van der Waals surface area contributed by atoms with Gasteiger partial charge in [0.15, 0.2) is 5.84 Å². The Bertz CT molecular complexity index is 1190. The summed E-state index contributed by atoms with van der Waals surface area (Å²) in [6.45, 7) is 7.54. The first-order valence-electron chi connectivity index (χ1n) is 12.0. The second-order valence-corrected chi connectivity index (χ2v) is 9.97. The van der Waals surface area contributed by atoms with Gasteiger partial charge in [0.2, 0.25) is 0 Å². The number of hydrogen-bond donors (Lipinski definition) is 1. The molecule has 1 spiro atoms. The van der Waals surface area contributed by atoms with Crippen molar-refractivity contribution in [2.75, 3.05) is 40.0 Å². The topological polar surface area (TPSA) is 76.0 Å². The lowest BCUT2D eigenvalue weighted by atomic mass is 9.62. The summed E-state index contributed by atoms with van der Waals surface area (Å²) in [5.74, 6) is -0.134.